The molecule has 0 spiro atoms. The van der Waals surface area contributed by atoms with Crippen LogP contribution in [0.15, 0.2) is 0 Å². The van der Waals surface area contributed by atoms with Crippen LogP contribution < -0.4 is 0 Å². The molecular weight excluding hydrogens is 231 g/mol. The van der Waals surface area contributed by atoms with E-state index in [1.165, 1.54) is 17.3 Å². The summed E-state index contributed by atoms with van der Waals surface area (Å²) in [6.45, 7) is 4.28. The SMILES string of the molecule is CCCI.CCCS. The van der Waals surface area contributed by atoms with E-state index in [1.807, 2.05) is 0 Å². The molecule has 0 aliphatic rings. The van der Waals surface area contributed by atoms with Crippen molar-refractivity contribution in [3.05, 3.63) is 0 Å². The molecule has 0 bridgehead atoms. The van der Waals surface area contributed by atoms with Gasteiger partial charge in [0, 0.05) is 0 Å². The molecule has 0 saturated heterocycles. The summed E-state index contributed by atoms with van der Waals surface area (Å²) in [5.41, 5.74) is 0. The van der Waals surface area contributed by atoms with Crippen LogP contribution in [0.4, 0.5) is 0 Å². The zero-order valence-electron chi connectivity index (χ0n) is 5.65. The highest BCUT2D eigenvalue weighted by Gasteiger charge is 1.58. The Kier molecular flexibility index (Phi) is 23.2. The molecule has 0 amide bonds. The fraction of sp³-hybridized carbons (Fsp3) is 1.00. The van der Waals surface area contributed by atoms with Crippen LogP contribution in [0.2, 0.25) is 0 Å². The lowest BCUT2D eigenvalue weighted by atomic mass is 10.6. The van der Waals surface area contributed by atoms with Gasteiger partial charge in [-0.05, 0) is 23.0 Å². The van der Waals surface area contributed by atoms with Gasteiger partial charge in [0.15, 0.2) is 0 Å². The third-order valence-corrected chi connectivity index (χ3v) is 1.94. The van der Waals surface area contributed by atoms with Gasteiger partial charge in [0.25, 0.3) is 0 Å². The number of hydrogen-bond donors (Lipinski definition) is 1. The highest BCUT2D eigenvalue weighted by atomic mass is 127. The van der Waals surface area contributed by atoms with E-state index in [4.69, 9.17) is 0 Å². The van der Waals surface area contributed by atoms with Crippen molar-refractivity contribution in [2.24, 2.45) is 0 Å². The lowest BCUT2D eigenvalue weighted by Crippen LogP contribution is -1.56. The van der Waals surface area contributed by atoms with Crippen LogP contribution in [-0.2, 0) is 0 Å². The average molecular weight is 246 g/mol. The van der Waals surface area contributed by atoms with E-state index in [2.05, 4.69) is 49.1 Å². The Bertz CT molecular complexity index is 16.5. The van der Waals surface area contributed by atoms with Crippen molar-refractivity contribution in [3.8, 4) is 0 Å². The smallest absolute Gasteiger partial charge is 0.000735 e. The predicted molar refractivity (Wildman–Crippen MR) is 53.3 cm³/mol. The first-order valence-corrected chi connectivity index (χ1v) is 5.16. The maximum atomic E-state index is 3.92. The van der Waals surface area contributed by atoms with Crippen LogP contribution in [0.1, 0.15) is 26.7 Å². The summed E-state index contributed by atoms with van der Waals surface area (Å²) < 4.78 is 1.29. The van der Waals surface area contributed by atoms with Gasteiger partial charge in [-0.25, -0.2) is 0 Å². The van der Waals surface area contributed by atoms with Crippen LogP contribution in [-0.4, -0.2) is 10.2 Å². The number of thiol groups is 1. The highest BCUT2D eigenvalue weighted by molar-refractivity contribution is 14.1. The Morgan fingerprint density at radius 2 is 1.50 bits per heavy atom. The zero-order valence-corrected chi connectivity index (χ0v) is 8.71. The molecule has 0 aromatic rings. The fourth-order valence-electron chi connectivity index (χ4n) is 0. The Balaban J connectivity index is 0. The number of hydrogen-bond acceptors (Lipinski definition) is 1. The second-order valence-electron chi connectivity index (χ2n) is 1.41. The lowest BCUT2D eigenvalue weighted by Gasteiger charge is -1.67. The van der Waals surface area contributed by atoms with Gasteiger partial charge < -0.3 is 0 Å². The minimum Gasteiger partial charge on any atom is -0.179 e. The Morgan fingerprint density at radius 3 is 1.50 bits per heavy atom. The molecule has 0 aliphatic heterocycles. The van der Waals surface area contributed by atoms with Crippen molar-refractivity contribution < 1.29 is 0 Å². The first kappa shape index (κ1) is 11.8. The summed E-state index contributed by atoms with van der Waals surface area (Å²) in [6, 6.07) is 0. The van der Waals surface area contributed by atoms with E-state index < -0.39 is 0 Å². The molecule has 0 atom stereocenters. The Hall–Kier alpha value is 1.08. The minimum absolute atomic E-state index is 1.01. The summed E-state index contributed by atoms with van der Waals surface area (Å²) >= 11 is 6.27. The summed E-state index contributed by atoms with van der Waals surface area (Å²) in [5.74, 6) is 1.01. The van der Waals surface area contributed by atoms with E-state index in [0.29, 0.717) is 0 Å². The molecule has 0 radical (unpaired) electrons. The van der Waals surface area contributed by atoms with Crippen LogP contribution in [0.25, 0.3) is 0 Å². The summed E-state index contributed by atoms with van der Waals surface area (Å²) in [6.07, 6.45) is 2.49. The van der Waals surface area contributed by atoms with Gasteiger partial charge in [0.05, 0.1) is 0 Å². The fourth-order valence-corrected chi connectivity index (χ4v) is 0. The molecule has 0 N–H and O–H groups in total. The number of rotatable bonds is 2. The molecule has 0 fully saturated rings. The third kappa shape index (κ3) is 27.6. The van der Waals surface area contributed by atoms with Crippen molar-refractivity contribution in [3.63, 3.8) is 0 Å². The van der Waals surface area contributed by atoms with Gasteiger partial charge in [-0.2, -0.15) is 12.6 Å². The first-order valence-electron chi connectivity index (χ1n) is 3.00. The second-order valence-corrected chi connectivity index (χ2v) is 2.94. The van der Waals surface area contributed by atoms with E-state index in [1.54, 1.807) is 0 Å². The van der Waals surface area contributed by atoms with E-state index in [-0.39, 0.29) is 0 Å². The predicted octanol–water partition coefficient (Wildman–Crippen LogP) is 3.16. The molecule has 0 saturated carbocycles. The second kappa shape index (κ2) is 15.7. The van der Waals surface area contributed by atoms with Crippen molar-refractivity contribution in [2.45, 2.75) is 26.7 Å². The Labute approximate surface area is 72.0 Å². The maximum absolute atomic E-state index is 3.92. The standard InChI is InChI=1S/C3H7I.C3H8S/c2*1-2-3-4/h2-3H2,1H3;4H,2-3H2,1H3. The monoisotopic (exact) mass is 246 g/mol. The van der Waals surface area contributed by atoms with Gasteiger partial charge in [0.1, 0.15) is 0 Å². The van der Waals surface area contributed by atoms with Gasteiger partial charge in [-0.1, -0.05) is 36.4 Å². The van der Waals surface area contributed by atoms with Gasteiger partial charge in [-0.15, -0.1) is 0 Å². The minimum atomic E-state index is 1.01. The zero-order chi connectivity index (χ0) is 6.83. The van der Waals surface area contributed by atoms with E-state index in [9.17, 15) is 0 Å². The Morgan fingerprint density at radius 1 is 1.25 bits per heavy atom. The third-order valence-electron chi connectivity index (χ3n) is 0.413. The van der Waals surface area contributed by atoms with Crippen LogP contribution in [0, 0.1) is 0 Å². The van der Waals surface area contributed by atoms with Crippen molar-refractivity contribution in [2.75, 3.05) is 10.2 Å². The topological polar surface area (TPSA) is 0 Å². The van der Waals surface area contributed by atoms with Crippen molar-refractivity contribution >= 4 is 35.2 Å². The molecule has 0 aliphatic carbocycles. The molecule has 52 valence electrons. The summed E-state index contributed by atoms with van der Waals surface area (Å²) in [4.78, 5) is 0. The molecule has 0 nitrogen and oxygen atoms in total. The van der Waals surface area contributed by atoms with Gasteiger partial charge >= 0.3 is 0 Å². The van der Waals surface area contributed by atoms with Gasteiger partial charge in [-0.3, -0.25) is 0 Å². The first-order chi connectivity index (χ1) is 3.83. The number of alkyl halides is 1. The summed E-state index contributed by atoms with van der Waals surface area (Å²) in [7, 11) is 0. The molecule has 8 heavy (non-hydrogen) atoms. The molecule has 0 aromatic carbocycles. The van der Waals surface area contributed by atoms with Gasteiger partial charge in [0.2, 0.25) is 0 Å². The van der Waals surface area contributed by atoms with Crippen LogP contribution in [0.5, 0.6) is 0 Å². The number of halogens is 1. The summed E-state index contributed by atoms with van der Waals surface area (Å²) in [5, 5.41) is 0. The molecule has 2 heteroatoms. The molecule has 0 unspecified atom stereocenters. The highest BCUT2D eigenvalue weighted by Crippen LogP contribution is 1.81. The van der Waals surface area contributed by atoms with E-state index in [0.717, 1.165) is 5.75 Å². The maximum Gasteiger partial charge on any atom is -0.000735 e. The lowest BCUT2D eigenvalue weighted by molar-refractivity contribution is 1.11. The normalized spacial score (nSPS) is 7.50. The van der Waals surface area contributed by atoms with Crippen LogP contribution in [0.3, 0.4) is 0 Å². The molecule has 0 rings (SSSR count). The largest absolute Gasteiger partial charge is 0.179 e. The molecule has 0 aromatic heterocycles. The van der Waals surface area contributed by atoms with Crippen LogP contribution >= 0.6 is 35.2 Å². The quantitative estimate of drug-likeness (QED) is 0.432. The molecule has 0 heterocycles. The molecular formula is C6H15IS. The van der Waals surface area contributed by atoms with Crippen molar-refractivity contribution in [1.29, 1.82) is 0 Å². The average Bonchev–Trinajstić information content (AvgIpc) is 1.88. The van der Waals surface area contributed by atoms with Crippen molar-refractivity contribution in [1.82, 2.24) is 0 Å². The van der Waals surface area contributed by atoms with E-state index >= 15 is 0 Å².